The summed E-state index contributed by atoms with van der Waals surface area (Å²) in [6, 6.07) is 8.12. The number of halogens is 4. The molecule has 2 heterocycles. The Kier molecular flexibility index (Phi) is 5.81. The Morgan fingerprint density at radius 3 is 1.86 bits per heavy atom. The molecule has 0 aliphatic rings. The molecule has 0 atom stereocenters. The zero-order valence-corrected chi connectivity index (χ0v) is 15.4. The van der Waals surface area contributed by atoms with Gasteiger partial charge in [-0.2, -0.15) is 13.2 Å². The summed E-state index contributed by atoms with van der Waals surface area (Å²) in [4.78, 5) is 8.00. The average Bonchev–Trinajstić information content (AvgIpc) is 3.26. The Balaban J connectivity index is 0.000000169. The van der Waals surface area contributed by atoms with Gasteiger partial charge in [0.25, 0.3) is 0 Å². The zero-order valence-electron chi connectivity index (χ0n) is 15.4. The summed E-state index contributed by atoms with van der Waals surface area (Å²) >= 11 is 0. The van der Waals surface area contributed by atoms with Crippen molar-refractivity contribution in [3.63, 3.8) is 0 Å². The summed E-state index contributed by atoms with van der Waals surface area (Å²) in [6.45, 7) is 8.43. The maximum Gasteiger partial charge on any atom is 0.416 e. The van der Waals surface area contributed by atoms with Gasteiger partial charge in [-0.25, -0.2) is 14.4 Å². The molecule has 2 aromatic carbocycles. The molecule has 0 spiro atoms. The first kappa shape index (κ1) is 20.3. The van der Waals surface area contributed by atoms with E-state index in [0.29, 0.717) is 29.6 Å². The van der Waals surface area contributed by atoms with Gasteiger partial charge in [0.05, 0.1) is 40.3 Å². The molecule has 0 aliphatic heterocycles. The second-order valence-corrected chi connectivity index (χ2v) is 6.21. The van der Waals surface area contributed by atoms with Crippen LogP contribution in [-0.4, -0.2) is 19.1 Å². The number of rotatable bonds is 4. The molecule has 0 aliphatic carbocycles. The first-order valence-corrected chi connectivity index (χ1v) is 8.67. The van der Waals surface area contributed by atoms with Crippen molar-refractivity contribution in [2.45, 2.75) is 19.3 Å². The number of benzene rings is 2. The van der Waals surface area contributed by atoms with Crippen molar-refractivity contribution >= 4 is 22.1 Å². The smallest absolute Gasteiger partial charge is 0.327 e. The topological polar surface area (TPSA) is 35.6 Å². The average molecular weight is 402 g/mol. The van der Waals surface area contributed by atoms with Crippen molar-refractivity contribution in [3.8, 4) is 0 Å². The molecule has 4 nitrogen and oxygen atoms in total. The molecule has 0 saturated heterocycles. The third-order valence-corrected chi connectivity index (χ3v) is 4.18. The van der Waals surface area contributed by atoms with Crippen LogP contribution in [0, 0.1) is 5.82 Å². The molecule has 8 heteroatoms. The molecule has 29 heavy (non-hydrogen) atoms. The van der Waals surface area contributed by atoms with Crippen LogP contribution in [0.15, 0.2) is 74.4 Å². The maximum absolute atomic E-state index is 12.8. The van der Waals surface area contributed by atoms with E-state index in [1.165, 1.54) is 24.5 Å². The first-order chi connectivity index (χ1) is 13.8. The number of nitrogens with zero attached hydrogens (tertiary/aromatic N) is 4. The summed E-state index contributed by atoms with van der Waals surface area (Å²) in [5, 5.41) is 0. The van der Waals surface area contributed by atoms with E-state index in [2.05, 4.69) is 23.1 Å². The van der Waals surface area contributed by atoms with Crippen LogP contribution in [0.25, 0.3) is 22.1 Å². The third-order valence-electron chi connectivity index (χ3n) is 4.18. The molecular weight excluding hydrogens is 384 g/mol. The van der Waals surface area contributed by atoms with E-state index in [0.717, 1.165) is 17.6 Å². The second-order valence-electron chi connectivity index (χ2n) is 6.21. The Bertz CT molecular complexity index is 1150. The molecule has 150 valence electrons. The van der Waals surface area contributed by atoms with Gasteiger partial charge >= 0.3 is 6.18 Å². The van der Waals surface area contributed by atoms with E-state index in [-0.39, 0.29) is 5.82 Å². The molecule has 2 aromatic heterocycles. The van der Waals surface area contributed by atoms with Gasteiger partial charge in [0.2, 0.25) is 0 Å². The molecule has 0 saturated carbocycles. The van der Waals surface area contributed by atoms with Crippen molar-refractivity contribution in [2.75, 3.05) is 0 Å². The summed E-state index contributed by atoms with van der Waals surface area (Å²) in [5.41, 5.74) is 1.96. The Morgan fingerprint density at radius 1 is 0.828 bits per heavy atom. The molecule has 0 N–H and O–H groups in total. The van der Waals surface area contributed by atoms with Crippen LogP contribution in [0.3, 0.4) is 0 Å². The lowest BCUT2D eigenvalue weighted by Crippen LogP contribution is -2.04. The lowest BCUT2D eigenvalue weighted by molar-refractivity contribution is -0.137. The molecule has 4 rings (SSSR count). The molecule has 4 aromatic rings. The van der Waals surface area contributed by atoms with Crippen LogP contribution in [0.1, 0.15) is 5.56 Å². The van der Waals surface area contributed by atoms with Gasteiger partial charge in [-0.15, -0.1) is 13.2 Å². The number of hydrogen-bond donors (Lipinski definition) is 0. The molecular formula is C21H18F4N4. The largest absolute Gasteiger partial charge is 0.416 e. The Morgan fingerprint density at radius 2 is 1.34 bits per heavy atom. The minimum Gasteiger partial charge on any atom is -0.327 e. The van der Waals surface area contributed by atoms with Gasteiger partial charge in [0.1, 0.15) is 5.82 Å². The van der Waals surface area contributed by atoms with Crippen LogP contribution in [0.4, 0.5) is 17.6 Å². The van der Waals surface area contributed by atoms with Gasteiger partial charge in [-0.05, 0) is 30.3 Å². The maximum atomic E-state index is 12.8. The number of fused-ring (bicyclic) bond motifs is 2. The van der Waals surface area contributed by atoms with Gasteiger partial charge in [-0.1, -0.05) is 12.2 Å². The molecule has 0 bridgehead atoms. The SMILES string of the molecule is C=CCn1cnc2cc(C(F)(F)F)ccc21.C=CCn1cnc2cc(F)ccc21. The zero-order chi connectivity index (χ0) is 21.0. The quantitative estimate of drug-likeness (QED) is 0.329. The van der Waals surface area contributed by atoms with Crippen molar-refractivity contribution < 1.29 is 17.6 Å². The lowest BCUT2D eigenvalue weighted by atomic mass is 10.2. The highest BCUT2D eigenvalue weighted by atomic mass is 19.4. The molecule has 0 fully saturated rings. The van der Waals surface area contributed by atoms with Crippen LogP contribution in [0.2, 0.25) is 0 Å². The standard InChI is InChI=1S/C11H9F3N2.C10H9FN2/c1-2-5-16-7-15-9-6-8(11(12,13)14)3-4-10(9)16;1-2-5-13-7-12-9-6-8(11)3-4-10(9)13/h2-4,6-7H,1,5H2;2-4,6-7H,1,5H2. The van der Waals surface area contributed by atoms with E-state index >= 15 is 0 Å². The predicted octanol–water partition coefficient (Wildman–Crippen LogP) is 5.60. The van der Waals surface area contributed by atoms with E-state index in [1.807, 2.05) is 4.57 Å². The van der Waals surface area contributed by atoms with E-state index in [9.17, 15) is 17.6 Å². The van der Waals surface area contributed by atoms with Crippen molar-refractivity contribution in [1.82, 2.24) is 19.1 Å². The van der Waals surface area contributed by atoms with Crippen LogP contribution in [-0.2, 0) is 19.3 Å². The fourth-order valence-corrected chi connectivity index (χ4v) is 2.85. The minimum atomic E-state index is -4.32. The van der Waals surface area contributed by atoms with Gasteiger partial charge < -0.3 is 9.13 Å². The first-order valence-electron chi connectivity index (χ1n) is 8.67. The molecule has 0 amide bonds. The van der Waals surface area contributed by atoms with Gasteiger partial charge in [-0.3, -0.25) is 0 Å². The van der Waals surface area contributed by atoms with E-state index in [1.54, 1.807) is 29.1 Å². The highest BCUT2D eigenvalue weighted by Gasteiger charge is 2.30. The minimum absolute atomic E-state index is 0.253. The van der Waals surface area contributed by atoms with Crippen LogP contribution in [0.5, 0.6) is 0 Å². The Labute approximate surface area is 164 Å². The van der Waals surface area contributed by atoms with Crippen molar-refractivity contribution in [1.29, 1.82) is 0 Å². The monoisotopic (exact) mass is 402 g/mol. The fourth-order valence-electron chi connectivity index (χ4n) is 2.85. The van der Waals surface area contributed by atoms with Gasteiger partial charge in [0, 0.05) is 19.2 Å². The Hall–Kier alpha value is -3.42. The third kappa shape index (κ3) is 4.53. The van der Waals surface area contributed by atoms with Crippen molar-refractivity contribution in [3.05, 3.63) is 85.7 Å². The number of alkyl halides is 3. The lowest BCUT2D eigenvalue weighted by Gasteiger charge is -2.06. The van der Waals surface area contributed by atoms with Crippen LogP contribution < -0.4 is 0 Å². The predicted molar refractivity (Wildman–Crippen MR) is 105 cm³/mol. The van der Waals surface area contributed by atoms with Crippen LogP contribution >= 0.6 is 0 Å². The van der Waals surface area contributed by atoms with E-state index in [4.69, 9.17) is 0 Å². The van der Waals surface area contributed by atoms with Gasteiger partial charge in [0.15, 0.2) is 0 Å². The number of imidazole rings is 2. The molecule has 0 unspecified atom stereocenters. The summed E-state index contributed by atoms with van der Waals surface area (Å²) in [7, 11) is 0. The van der Waals surface area contributed by atoms with Crippen molar-refractivity contribution in [2.24, 2.45) is 0 Å². The number of hydrogen-bond acceptors (Lipinski definition) is 2. The molecule has 0 radical (unpaired) electrons. The fraction of sp³-hybridized carbons (Fsp3) is 0.143. The normalized spacial score (nSPS) is 11.3. The number of aromatic nitrogens is 4. The summed E-state index contributed by atoms with van der Waals surface area (Å²) in [5.74, 6) is -0.253. The highest BCUT2D eigenvalue weighted by molar-refractivity contribution is 5.76. The summed E-state index contributed by atoms with van der Waals surface area (Å²) in [6.07, 6.45) is 2.32. The highest BCUT2D eigenvalue weighted by Crippen LogP contribution is 2.31. The van der Waals surface area contributed by atoms with E-state index < -0.39 is 11.7 Å². The number of allylic oxidation sites excluding steroid dienone is 2. The summed E-state index contributed by atoms with van der Waals surface area (Å²) < 4.78 is 53.7. The second kappa shape index (κ2) is 8.30.